The van der Waals surface area contributed by atoms with Crippen molar-refractivity contribution in [1.29, 1.82) is 0 Å². The van der Waals surface area contributed by atoms with E-state index in [1.807, 2.05) is 0 Å². The Kier molecular flexibility index (Phi) is 7.02. The second-order valence-corrected chi connectivity index (χ2v) is 9.13. The van der Waals surface area contributed by atoms with Crippen molar-refractivity contribution >= 4 is 34.1 Å². The second kappa shape index (κ2) is 9.87. The van der Waals surface area contributed by atoms with E-state index in [1.165, 1.54) is 24.1 Å². The molecule has 2 unspecified atom stereocenters. The van der Waals surface area contributed by atoms with Crippen molar-refractivity contribution in [2.24, 2.45) is 12.2 Å². The molecule has 0 spiro atoms. The van der Waals surface area contributed by atoms with Crippen molar-refractivity contribution in [1.82, 2.24) is 9.13 Å². The highest BCUT2D eigenvalue weighted by molar-refractivity contribution is 7.81. The van der Waals surface area contributed by atoms with Gasteiger partial charge in [0.15, 0.2) is 0 Å². The molecule has 0 saturated carbocycles. The molecule has 1 aliphatic heterocycles. The fourth-order valence-electron chi connectivity index (χ4n) is 3.64. The summed E-state index contributed by atoms with van der Waals surface area (Å²) < 4.78 is 61.2. The minimum absolute atomic E-state index is 0.00319. The van der Waals surface area contributed by atoms with Crippen LogP contribution in [0.15, 0.2) is 58.1 Å². The first-order valence-corrected chi connectivity index (χ1v) is 12.0. The lowest BCUT2D eigenvalue weighted by Crippen LogP contribution is -2.44. The van der Waals surface area contributed by atoms with E-state index in [9.17, 15) is 27.0 Å². The number of benzene rings is 2. The molecule has 2 atom stereocenters. The predicted molar refractivity (Wildman–Crippen MR) is 127 cm³/mol. The zero-order chi connectivity index (χ0) is 26.2. The Morgan fingerprint density at radius 2 is 1.81 bits per heavy atom. The Morgan fingerprint density at radius 3 is 2.44 bits per heavy atom. The van der Waals surface area contributed by atoms with Gasteiger partial charge < -0.3 is 19.7 Å². The molecule has 3 N–H and O–H groups in total. The Bertz CT molecular complexity index is 1430. The van der Waals surface area contributed by atoms with Crippen LogP contribution in [0.2, 0.25) is 5.02 Å². The van der Waals surface area contributed by atoms with E-state index in [0.717, 1.165) is 21.3 Å². The average Bonchev–Trinajstić information content (AvgIpc) is 3.13. The maximum absolute atomic E-state index is 13.3. The monoisotopic (exact) mass is 545 g/mol. The Hall–Kier alpha value is -3.49. The summed E-state index contributed by atoms with van der Waals surface area (Å²) in [5.74, 6) is -0.933. The molecule has 192 valence electrons. The van der Waals surface area contributed by atoms with Gasteiger partial charge in [0.2, 0.25) is 0 Å². The van der Waals surface area contributed by atoms with Gasteiger partial charge in [-0.15, -0.1) is 13.2 Å². The third-order valence-corrected chi connectivity index (χ3v) is 5.93. The van der Waals surface area contributed by atoms with Crippen molar-refractivity contribution in [3.63, 3.8) is 0 Å². The van der Waals surface area contributed by atoms with E-state index in [2.05, 4.69) is 10.1 Å². The van der Waals surface area contributed by atoms with Crippen LogP contribution in [-0.2, 0) is 30.5 Å². The van der Waals surface area contributed by atoms with Gasteiger partial charge in [0, 0.05) is 24.7 Å². The summed E-state index contributed by atoms with van der Waals surface area (Å²) >= 11 is 5.96. The van der Waals surface area contributed by atoms with E-state index < -0.39 is 46.6 Å². The summed E-state index contributed by atoms with van der Waals surface area (Å²) in [7, 11) is -0.593. The summed E-state index contributed by atoms with van der Waals surface area (Å²) in [6.07, 6.45) is -6.01. The highest BCUT2D eigenvalue weighted by atomic mass is 35.5. The molecular formula is C21H19ClF3N5O5S. The lowest BCUT2D eigenvalue weighted by Gasteiger charge is -2.26. The van der Waals surface area contributed by atoms with E-state index >= 15 is 0 Å². The van der Waals surface area contributed by atoms with Gasteiger partial charge in [-0.2, -0.15) is 0 Å². The fraction of sp³-hybridized carbons (Fsp3) is 0.238. The molecule has 10 nitrogen and oxygen atoms in total. The summed E-state index contributed by atoms with van der Waals surface area (Å²) in [4.78, 5) is 27.5. The molecule has 3 aromatic rings. The number of halogens is 4. The van der Waals surface area contributed by atoms with Crippen LogP contribution < -0.4 is 36.1 Å². The molecule has 0 aliphatic carbocycles. The number of hydrogen-bond donors (Lipinski definition) is 2. The highest BCUT2D eigenvalue weighted by Crippen LogP contribution is 2.34. The topological polar surface area (TPSA) is 121 Å². The van der Waals surface area contributed by atoms with E-state index in [-0.39, 0.29) is 23.8 Å². The van der Waals surface area contributed by atoms with Crippen molar-refractivity contribution < 1.29 is 26.9 Å². The molecule has 0 fully saturated rings. The average molecular weight is 546 g/mol. The molecule has 0 bridgehead atoms. The van der Waals surface area contributed by atoms with Crippen LogP contribution in [0.1, 0.15) is 5.56 Å². The highest BCUT2D eigenvalue weighted by Gasteiger charge is 2.37. The molecule has 15 heteroatoms. The third-order valence-electron chi connectivity index (χ3n) is 5.17. The number of nitrogens with two attached hydrogens (primary N) is 1. The summed E-state index contributed by atoms with van der Waals surface area (Å²) in [6, 6.07) is 11.6. The zero-order valence-electron chi connectivity index (χ0n) is 18.5. The molecule has 4 rings (SSSR count). The zero-order valence-corrected chi connectivity index (χ0v) is 20.1. The van der Waals surface area contributed by atoms with Gasteiger partial charge in [-0.1, -0.05) is 29.8 Å². The first kappa shape index (κ1) is 25.6. The molecule has 0 radical (unpaired) electrons. The Labute approximate surface area is 209 Å². The van der Waals surface area contributed by atoms with Crippen LogP contribution in [0.3, 0.4) is 0 Å². The van der Waals surface area contributed by atoms with E-state index in [1.54, 1.807) is 24.3 Å². The maximum Gasteiger partial charge on any atom is 0.573 e. The maximum atomic E-state index is 13.3. The largest absolute Gasteiger partial charge is 0.573 e. The van der Waals surface area contributed by atoms with Gasteiger partial charge in [-0.05, 0) is 29.8 Å². The summed E-state index contributed by atoms with van der Waals surface area (Å²) in [6.45, 7) is 0.0831. The van der Waals surface area contributed by atoms with Crippen molar-refractivity contribution in [3.8, 4) is 11.5 Å². The minimum atomic E-state index is -4.90. The normalized spacial score (nSPS) is 15.8. The summed E-state index contributed by atoms with van der Waals surface area (Å²) in [5.41, 5.74) is -0.810. The van der Waals surface area contributed by atoms with Gasteiger partial charge >= 0.3 is 12.1 Å². The van der Waals surface area contributed by atoms with Crippen LogP contribution in [0.4, 0.5) is 24.7 Å². The number of fused-ring (bicyclic) bond motifs is 1. The van der Waals surface area contributed by atoms with Gasteiger partial charge in [0.1, 0.15) is 39.9 Å². The molecule has 1 aliphatic rings. The SMILES string of the molecule is Cn1c2c(c(=O)n(CS(N)=O)c1=O)N(Cc1ccc(Cl)cc1)C(Oc1cccc(OC(F)(F)F)c1)N2. The fourth-order valence-corrected chi connectivity index (χ4v) is 4.25. The van der Waals surface area contributed by atoms with Crippen LogP contribution in [-0.4, -0.2) is 26.1 Å². The third kappa shape index (κ3) is 5.50. The summed E-state index contributed by atoms with van der Waals surface area (Å²) in [5, 5.41) is 8.73. The van der Waals surface area contributed by atoms with Crippen molar-refractivity contribution in [2.75, 3.05) is 10.2 Å². The molecule has 0 saturated heterocycles. The second-order valence-electron chi connectivity index (χ2n) is 7.67. The number of aromatic nitrogens is 2. The molecular weight excluding hydrogens is 527 g/mol. The minimum Gasteiger partial charge on any atom is -0.452 e. The number of anilines is 2. The van der Waals surface area contributed by atoms with Crippen LogP contribution in [0, 0.1) is 0 Å². The van der Waals surface area contributed by atoms with Gasteiger partial charge in [0.05, 0.1) is 0 Å². The standard InChI is InChI=1S/C21H19ClF3N5O5S/c1-28-17-16(18(31)30(20(28)32)11-36(26)33)29(10-12-5-7-13(22)8-6-12)19(27-17)34-14-3-2-4-15(9-14)35-21(23,24)25/h2-9,19,27H,10-11,26H2,1H3. The molecule has 2 aromatic carbocycles. The van der Waals surface area contributed by atoms with Gasteiger partial charge in [0.25, 0.3) is 11.9 Å². The quantitative estimate of drug-likeness (QED) is 0.468. The predicted octanol–water partition coefficient (Wildman–Crippen LogP) is 2.47. The molecule has 1 aromatic heterocycles. The van der Waals surface area contributed by atoms with Crippen molar-refractivity contribution in [2.45, 2.75) is 25.1 Å². The van der Waals surface area contributed by atoms with E-state index in [0.29, 0.717) is 10.6 Å². The van der Waals surface area contributed by atoms with Crippen LogP contribution in [0.5, 0.6) is 11.5 Å². The van der Waals surface area contributed by atoms with E-state index in [4.69, 9.17) is 21.5 Å². The lowest BCUT2D eigenvalue weighted by atomic mass is 10.2. The lowest BCUT2D eigenvalue weighted by molar-refractivity contribution is -0.274. The smallest absolute Gasteiger partial charge is 0.452 e. The van der Waals surface area contributed by atoms with Crippen LogP contribution in [0.25, 0.3) is 0 Å². The van der Waals surface area contributed by atoms with Gasteiger partial charge in [-0.3, -0.25) is 14.5 Å². The number of ether oxygens (including phenoxy) is 2. The van der Waals surface area contributed by atoms with Crippen LogP contribution >= 0.6 is 11.6 Å². The Morgan fingerprint density at radius 1 is 1.14 bits per heavy atom. The Balaban J connectivity index is 1.76. The van der Waals surface area contributed by atoms with Gasteiger partial charge in [-0.25, -0.2) is 13.6 Å². The number of alkyl halides is 3. The molecule has 36 heavy (non-hydrogen) atoms. The number of hydrogen-bond acceptors (Lipinski definition) is 7. The first-order chi connectivity index (χ1) is 16.9. The number of nitrogens with zero attached hydrogens (tertiary/aromatic N) is 3. The first-order valence-electron chi connectivity index (χ1n) is 10.2. The molecule has 2 heterocycles. The molecule has 0 amide bonds. The van der Waals surface area contributed by atoms with Crippen molar-refractivity contribution in [3.05, 3.63) is 80.0 Å². The number of rotatable bonds is 7. The number of nitrogens with one attached hydrogen (secondary N) is 1.